The smallest absolute Gasteiger partial charge is 0.211 e. The van der Waals surface area contributed by atoms with E-state index in [1.807, 2.05) is 0 Å². The number of sulfonamides is 1. The van der Waals surface area contributed by atoms with Gasteiger partial charge in [-0.05, 0) is 37.5 Å². The molecule has 2 saturated carbocycles. The van der Waals surface area contributed by atoms with Crippen LogP contribution in [0.1, 0.15) is 25.7 Å². The van der Waals surface area contributed by atoms with Gasteiger partial charge in [-0.1, -0.05) is 15.9 Å². The number of hydrogen-bond acceptors (Lipinski definition) is 2. The van der Waals surface area contributed by atoms with Crippen LogP contribution < -0.4 is 0 Å². The molecule has 0 aromatic rings. The van der Waals surface area contributed by atoms with Crippen LogP contribution in [0.25, 0.3) is 0 Å². The van der Waals surface area contributed by atoms with E-state index in [1.165, 1.54) is 25.7 Å². The van der Waals surface area contributed by atoms with Gasteiger partial charge in [0.15, 0.2) is 0 Å². The van der Waals surface area contributed by atoms with Crippen molar-refractivity contribution in [3.05, 3.63) is 0 Å². The summed E-state index contributed by atoms with van der Waals surface area (Å²) in [7, 11) is -3.02. The summed E-state index contributed by atoms with van der Waals surface area (Å²) in [6.45, 7) is 1.51. The number of alkyl halides is 1. The maximum atomic E-state index is 11.7. The first-order chi connectivity index (χ1) is 6.62. The van der Waals surface area contributed by atoms with Crippen molar-refractivity contribution in [3.63, 3.8) is 0 Å². The van der Waals surface area contributed by atoms with Crippen molar-refractivity contribution in [2.45, 2.75) is 25.7 Å². The van der Waals surface area contributed by atoms with Gasteiger partial charge in [0, 0.05) is 13.1 Å². The van der Waals surface area contributed by atoms with Crippen LogP contribution in [0.3, 0.4) is 0 Å². The summed E-state index contributed by atoms with van der Waals surface area (Å²) in [6.07, 6.45) is 4.83. The summed E-state index contributed by atoms with van der Waals surface area (Å²) in [4.78, 5) is 0. The Kier molecular flexibility index (Phi) is 3.19. The van der Waals surface area contributed by atoms with Crippen molar-refractivity contribution < 1.29 is 8.42 Å². The molecule has 0 spiro atoms. The summed E-state index contributed by atoms with van der Waals surface area (Å²) < 4.78 is 25.2. The van der Waals surface area contributed by atoms with Crippen molar-refractivity contribution in [2.24, 2.45) is 11.8 Å². The normalized spacial score (nSPS) is 23.0. The fourth-order valence-corrected chi connectivity index (χ4v) is 3.43. The minimum atomic E-state index is -3.02. The van der Waals surface area contributed by atoms with E-state index in [4.69, 9.17) is 0 Å². The zero-order chi connectivity index (χ0) is 10.2. The first-order valence-corrected chi connectivity index (χ1v) is 7.88. The second-order valence-electron chi connectivity index (χ2n) is 4.42. The number of rotatable bonds is 6. The van der Waals surface area contributed by atoms with Crippen LogP contribution in [-0.2, 0) is 10.0 Å². The summed E-state index contributed by atoms with van der Waals surface area (Å²) >= 11 is 3.06. The molecule has 0 aromatic heterocycles. The maximum Gasteiger partial charge on any atom is 0.224 e. The second-order valence-corrected chi connectivity index (χ2v) is 7.70. The van der Waals surface area contributed by atoms with Crippen molar-refractivity contribution in [1.29, 1.82) is 0 Å². The quantitative estimate of drug-likeness (QED) is 0.696. The summed E-state index contributed by atoms with van der Waals surface area (Å²) in [6, 6.07) is 0. The molecular formula is C9H16BrNO2S. The largest absolute Gasteiger partial charge is 0.224 e. The van der Waals surface area contributed by atoms with Gasteiger partial charge >= 0.3 is 0 Å². The molecule has 0 saturated heterocycles. The van der Waals surface area contributed by atoms with E-state index in [2.05, 4.69) is 15.9 Å². The monoisotopic (exact) mass is 281 g/mol. The molecule has 0 unspecified atom stereocenters. The van der Waals surface area contributed by atoms with Crippen molar-refractivity contribution >= 4 is 26.0 Å². The van der Waals surface area contributed by atoms with Crippen LogP contribution in [-0.4, -0.2) is 30.5 Å². The van der Waals surface area contributed by atoms with Gasteiger partial charge in [0.25, 0.3) is 0 Å². The third-order valence-electron chi connectivity index (χ3n) is 2.85. The third kappa shape index (κ3) is 2.94. The number of nitrogens with zero attached hydrogens (tertiary/aromatic N) is 1. The van der Waals surface area contributed by atoms with Crippen LogP contribution in [0.4, 0.5) is 0 Å². The molecule has 3 nitrogen and oxygen atoms in total. The highest BCUT2D eigenvalue weighted by atomic mass is 79.9. The van der Waals surface area contributed by atoms with Crippen LogP contribution in [0.5, 0.6) is 0 Å². The number of hydrogen-bond donors (Lipinski definition) is 0. The first-order valence-electron chi connectivity index (χ1n) is 5.15. The lowest BCUT2D eigenvalue weighted by molar-refractivity contribution is 0.385. The van der Waals surface area contributed by atoms with Crippen molar-refractivity contribution in [2.75, 3.05) is 17.8 Å². The third-order valence-corrected chi connectivity index (χ3v) is 5.95. The van der Waals surface area contributed by atoms with Gasteiger partial charge in [0.1, 0.15) is 4.66 Å². The lowest BCUT2D eigenvalue weighted by atomic mass is 10.4. The minimum absolute atomic E-state index is 0.0689. The Hall–Kier alpha value is 0.390. The van der Waals surface area contributed by atoms with Crippen LogP contribution >= 0.6 is 15.9 Å². The fraction of sp³-hybridized carbons (Fsp3) is 1.00. The summed E-state index contributed by atoms with van der Waals surface area (Å²) in [5.74, 6) is 1.28. The lowest BCUT2D eigenvalue weighted by Gasteiger charge is -2.20. The summed E-state index contributed by atoms with van der Waals surface area (Å²) in [5, 5.41) is 0. The molecule has 0 aromatic carbocycles. The van der Waals surface area contributed by atoms with E-state index in [9.17, 15) is 8.42 Å². The molecule has 0 bridgehead atoms. The molecule has 82 valence electrons. The van der Waals surface area contributed by atoms with Gasteiger partial charge in [-0.2, -0.15) is 0 Å². The van der Waals surface area contributed by atoms with E-state index in [0.717, 1.165) is 13.1 Å². The van der Waals surface area contributed by atoms with Gasteiger partial charge in [-0.25, -0.2) is 12.7 Å². The topological polar surface area (TPSA) is 37.4 Å². The standard InChI is InChI=1S/C9H16BrNO2S/c10-7-14(12,13)11(5-8-1-2-8)6-9-3-4-9/h8-9H,1-7H2. The minimum Gasteiger partial charge on any atom is -0.211 e. The van der Waals surface area contributed by atoms with Gasteiger partial charge in [0.2, 0.25) is 10.0 Å². The molecule has 0 amide bonds. The molecule has 2 rings (SSSR count). The highest BCUT2D eigenvalue weighted by Crippen LogP contribution is 2.34. The lowest BCUT2D eigenvalue weighted by Crippen LogP contribution is -2.35. The molecule has 2 aliphatic rings. The van der Waals surface area contributed by atoms with E-state index < -0.39 is 10.0 Å². The first kappa shape index (κ1) is 10.9. The van der Waals surface area contributed by atoms with Gasteiger partial charge in [-0.3, -0.25) is 0 Å². The highest BCUT2D eigenvalue weighted by molar-refractivity contribution is 9.10. The maximum absolute atomic E-state index is 11.7. The van der Waals surface area contributed by atoms with E-state index in [-0.39, 0.29) is 4.66 Å². The van der Waals surface area contributed by atoms with Crippen LogP contribution in [0.2, 0.25) is 0 Å². The van der Waals surface area contributed by atoms with E-state index in [0.29, 0.717) is 11.8 Å². The van der Waals surface area contributed by atoms with Crippen LogP contribution in [0, 0.1) is 11.8 Å². The van der Waals surface area contributed by atoms with E-state index >= 15 is 0 Å². The summed E-state index contributed by atoms with van der Waals surface area (Å²) in [5.41, 5.74) is 0. The number of halogens is 1. The van der Waals surface area contributed by atoms with Gasteiger partial charge in [-0.15, -0.1) is 0 Å². The molecule has 0 N–H and O–H groups in total. The Morgan fingerprint density at radius 1 is 1.07 bits per heavy atom. The molecule has 14 heavy (non-hydrogen) atoms. The van der Waals surface area contributed by atoms with Gasteiger partial charge in [0.05, 0.1) is 0 Å². The molecule has 0 atom stereocenters. The average Bonchev–Trinajstić information content (AvgIpc) is 2.96. The zero-order valence-corrected chi connectivity index (χ0v) is 10.6. The average molecular weight is 282 g/mol. The Morgan fingerprint density at radius 2 is 1.50 bits per heavy atom. The Labute approximate surface area is 94.0 Å². The SMILES string of the molecule is O=S(=O)(CBr)N(CC1CC1)CC1CC1. The molecule has 2 fully saturated rings. The molecule has 2 aliphatic carbocycles. The Morgan fingerprint density at radius 3 is 1.79 bits per heavy atom. The Balaban J connectivity index is 1.95. The van der Waals surface area contributed by atoms with E-state index in [1.54, 1.807) is 4.31 Å². The molecule has 0 heterocycles. The van der Waals surface area contributed by atoms with Crippen LogP contribution in [0.15, 0.2) is 0 Å². The highest BCUT2D eigenvalue weighted by Gasteiger charge is 2.34. The molecule has 0 radical (unpaired) electrons. The van der Waals surface area contributed by atoms with Crippen molar-refractivity contribution in [1.82, 2.24) is 4.31 Å². The molecular weight excluding hydrogens is 266 g/mol. The Bertz CT molecular complexity index is 282. The predicted octanol–water partition coefficient (Wildman–Crippen LogP) is 1.79. The molecule has 5 heteroatoms. The fourth-order valence-electron chi connectivity index (χ4n) is 1.55. The second kappa shape index (κ2) is 4.10. The van der Waals surface area contributed by atoms with Crippen molar-refractivity contribution in [3.8, 4) is 0 Å². The van der Waals surface area contributed by atoms with Gasteiger partial charge < -0.3 is 0 Å². The zero-order valence-electron chi connectivity index (χ0n) is 8.15. The molecule has 0 aliphatic heterocycles. The predicted molar refractivity (Wildman–Crippen MR) is 59.7 cm³/mol.